The molecule has 5 heteroatoms. The highest BCUT2D eigenvalue weighted by Gasteiger charge is 2.23. The van der Waals surface area contributed by atoms with Gasteiger partial charge in [0.15, 0.2) is 0 Å². The summed E-state index contributed by atoms with van der Waals surface area (Å²) in [6, 6.07) is 15.9. The molecule has 0 bridgehead atoms. The predicted molar refractivity (Wildman–Crippen MR) is 112 cm³/mol. The molecule has 0 aromatic heterocycles. The van der Waals surface area contributed by atoms with E-state index in [4.69, 9.17) is 14.2 Å². The number of carbonyl (C=O) groups excluding carboxylic acids is 2. The van der Waals surface area contributed by atoms with Crippen molar-refractivity contribution in [2.45, 2.75) is 39.2 Å². The van der Waals surface area contributed by atoms with Crippen molar-refractivity contribution >= 4 is 11.9 Å². The zero-order valence-corrected chi connectivity index (χ0v) is 17.3. The zero-order valence-electron chi connectivity index (χ0n) is 17.3. The summed E-state index contributed by atoms with van der Waals surface area (Å²) in [6.07, 6.45) is 1.52. The second-order valence-electron chi connectivity index (χ2n) is 7.08. The first-order valence-electron chi connectivity index (χ1n) is 9.64. The van der Waals surface area contributed by atoms with E-state index in [0.717, 1.165) is 28.5 Å². The molecule has 0 radical (unpaired) electrons. The lowest BCUT2D eigenvalue weighted by atomic mass is 9.78. The van der Waals surface area contributed by atoms with Gasteiger partial charge >= 0.3 is 11.9 Å². The van der Waals surface area contributed by atoms with Gasteiger partial charge in [-0.15, -0.1) is 0 Å². The molecule has 0 aliphatic heterocycles. The Morgan fingerprint density at radius 3 is 2.07 bits per heavy atom. The highest BCUT2D eigenvalue weighted by molar-refractivity contribution is 5.81. The molecule has 0 spiro atoms. The molecule has 0 N–H and O–H groups in total. The van der Waals surface area contributed by atoms with Gasteiger partial charge in [-0.05, 0) is 28.8 Å². The van der Waals surface area contributed by atoms with Crippen LogP contribution in [0, 0.1) is 0 Å². The van der Waals surface area contributed by atoms with Crippen LogP contribution in [0.4, 0.5) is 0 Å². The summed E-state index contributed by atoms with van der Waals surface area (Å²) in [5.41, 5.74) is 3.02. The molecule has 2 aromatic carbocycles. The van der Waals surface area contributed by atoms with Gasteiger partial charge in [-0.2, -0.15) is 0 Å². The van der Waals surface area contributed by atoms with Crippen molar-refractivity contribution in [3.8, 4) is 5.75 Å². The Hall–Kier alpha value is -3.08. The van der Waals surface area contributed by atoms with E-state index in [0.29, 0.717) is 13.0 Å². The first kappa shape index (κ1) is 22.2. The van der Waals surface area contributed by atoms with E-state index < -0.39 is 5.97 Å². The lowest BCUT2D eigenvalue weighted by Crippen LogP contribution is -2.19. The van der Waals surface area contributed by atoms with Gasteiger partial charge in [0.1, 0.15) is 25.6 Å². The molecule has 154 valence electrons. The summed E-state index contributed by atoms with van der Waals surface area (Å²) in [7, 11) is 0. The molecule has 0 atom stereocenters. The molecule has 0 heterocycles. The van der Waals surface area contributed by atoms with Crippen LogP contribution >= 0.6 is 0 Å². The average molecular weight is 396 g/mol. The lowest BCUT2D eigenvalue weighted by molar-refractivity contribution is -0.144. The maximum Gasteiger partial charge on any atom is 0.330 e. The molecule has 2 aromatic rings. The maximum absolute atomic E-state index is 11.2. The highest BCUT2D eigenvalue weighted by atomic mass is 16.6. The second kappa shape index (κ2) is 10.5. The topological polar surface area (TPSA) is 61.8 Å². The van der Waals surface area contributed by atoms with Crippen molar-refractivity contribution in [1.82, 2.24) is 0 Å². The van der Waals surface area contributed by atoms with E-state index in [1.807, 2.05) is 48.5 Å². The minimum absolute atomic E-state index is 0.203. The summed E-state index contributed by atoms with van der Waals surface area (Å²) in [6.45, 7) is 10.2. The van der Waals surface area contributed by atoms with Gasteiger partial charge in [0.2, 0.25) is 0 Å². The van der Waals surface area contributed by atoms with Crippen LogP contribution in [-0.4, -0.2) is 25.2 Å². The van der Waals surface area contributed by atoms with Gasteiger partial charge in [0, 0.05) is 17.9 Å². The molecule has 5 nitrogen and oxygen atoms in total. The normalized spacial score (nSPS) is 10.9. The molecule has 0 unspecified atom stereocenters. The van der Waals surface area contributed by atoms with Crippen molar-refractivity contribution in [1.29, 1.82) is 0 Å². The third-order valence-corrected chi connectivity index (χ3v) is 4.70. The molecule has 0 saturated carbocycles. The van der Waals surface area contributed by atoms with Gasteiger partial charge in [-0.1, -0.05) is 63.7 Å². The molecule has 0 saturated heterocycles. The van der Waals surface area contributed by atoms with E-state index in [9.17, 15) is 9.59 Å². The first-order valence-corrected chi connectivity index (χ1v) is 9.64. The molecule has 0 aliphatic rings. The number of hydrogen-bond acceptors (Lipinski definition) is 5. The molecular formula is C24H28O5. The monoisotopic (exact) mass is 396 g/mol. The Morgan fingerprint density at radius 2 is 1.52 bits per heavy atom. The summed E-state index contributed by atoms with van der Waals surface area (Å²) in [4.78, 5) is 22.3. The van der Waals surface area contributed by atoms with Crippen LogP contribution in [0.3, 0.4) is 0 Å². The van der Waals surface area contributed by atoms with Crippen LogP contribution in [-0.2, 0) is 31.1 Å². The Kier molecular flexibility index (Phi) is 8.01. The first-order chi connectivity index (χ1) is 13.9. The van der Waals surface area contributed by atoms with Gasteiger partial charge in [0.25, 0.3) is 0 Å². The van der Waals surface area contributed by atoms with Crippen molar-refractivity contribution in [2.75, 3.05) is 13.2 Å². The smallest absolute Gasteiger partial charge is 0.330 e. The summed E-state index contributed by atoms with van der Waals surface area (Å²) in [5, 5.41) is 0. The average Bonchev–Trinajstić information content (AvgIpc) is 2.75. The maximum atomic E-state index is 11.2. The minimum atomic E-state index is -0.430. The van der Waals surface area contributed by atoms with Crippen molar-refractivity contribution < 1.29 is 23.8 Å². The van der Waals surface area contributed by atoms with Crippen molar-refractivity contribution in [3.63, 3.8) is 0 Å². The number of esters is 2. The Labute approximate surface area is 172 Å². The zero-order chi connectivity index (χ0) is 21.3. The van der Waals surface area contributed by atoms with E-state index in [2.05, 4.69) is 20.4 Å². The fourth-order valence-corrected chi connectivity index (χ4v) is 2.78. The SMILES string of the molecule is C=CC(=O)OCc1ccc(C(C)(C)c2ccc(OCCOC(=O)CC)cc2)cc1. The standard InChI is InChI=1S/C24H28O5/c1-5-22(25)28-16-15-27-21-13-11-20(12-14-21)24(3,4)19-9-7-18(8-10-19)17-29-23(26)6-2/h6-14H,2,5,15-17H2,1,3-4H3. The third kappa shape index (κ3) is 6.49. The quantitative estimate of drug-likeness (QED) is 0.334. The van der Waals surface area contributed by atoms with Gasteiger partial charge in [-0.25, -0.2) is 4.79 Å². The Balaban J connectivity index is 1.96. The summed E-state index contributed by atoms with van der Waals surface area (Å²) >= 11 is 0. The van der Waals surface area contributed by atoms with Crippen molar-refractivity contribution in [2.24, 2.45) is 0 Å². The Morgan fingerprint density at radius 1 is 0.931 bits per heavy atom. The van der Waals surface area contributed by atoms with Crippen LogP contribution in [0.1, 0.15) is 43.9 Å². The third-order valence-electron chi connectivity index (χ3n) is 4.70. The van der Waals surface area contributed by atoms with Crippen LogP contribution in [0.5, 0.6) is 5.75 Å². The van der Waals surface area contributed by atoms with Crippen LogP contribution < -0.4 is 4.74 Å². The van der Waals surface area contributed by atoms with Crippen LogP contribution in [0.2, 0.25) is 0 Å². The predicted octanol–water partition coefficient (Wildman–Crippen LogP) is 4.57. The second-order valence-corrected chi connectivity index (χ2v) is 7.08. The number of carbonyl (C=O) groups is 2. The Bertz CT molecular complexity index is 819. The lowest BCUT2D eigenvalue weighted by Gasteiger charge is -2.26. The van der Waals surface area contributed by atoms with Crippen molar-refractivity contribution in [3.05, 3.63) is 77.9 Å². The van der Waals surface area contributed by atoms with Gasteiger partial charge in [0.05, 0.1) is 0 Å². The van der Waals surface area contributed by atoms with E-state index in [-0.39, 0.29) is 24.6 Å². The van der Waals surface area contributed by atoms with E-state index in [1.54, 1.807) is 6.92 Å². The summed E-state index contributed by atoms with van der Waals surface area (Å²) in [5.74, 6) is 0.0762. The van der Waals surface area contributed by atoms with Crippen LogP contribution in [0.15, 0.2) is 61.2 Å². The highest BCUT2D eigenvalue weighted by Crippen LogP contribution is 2.32. The molecule has 0 aliphatic carbocycles. The number of ether oxygens (including phenoxy) is 3. The largest absolute Gasteiger partial charge is 0.490 e. The van der Waals surface area contributed by atoms with Gasteiger partial charge < -0.3 is 14.2 Å². The minimum Gasteiger partial charge on any atom is -0.490 e. The fourth-order valence-electron chi connectivity index (χ4n) is 2.78. The molecule has 0 amide bonds. The van der Waals surface area contributed by atoms with Crippen LogP contribution in [0.25, 0.3) is 0 Å². The molecule has 0 fully saturated rings. The van der Waals surface area contributed by atoms with E-state index >= 15 is 0 Å². The summed E-state index contributed by atoms with van der Waals surface area (Å²) < 4.78 is 15.7. The molecule has 2 rings (SSSR count). The molecular weight excluding hydrogens is 368 g/mol. The fraction of sp³-hybridized carbons (Fsp3) is 0.333. The number of hydrogen-bond donors (Lipinski definition) is 0. The number of rotatable bonds is 10. The van der Waals surface area contributed by atoms with E-state index in [1.165, 1.54) is 0 Å². The number of benzene rings is 2. The molecule has 29 heavy (non-hydrogen) atoms. The van der Waals surface area contributed by atoms with Gasteiger partial charge in [-0.3, -0.25) is 4.79 Å².